The first-order chi connectivity index (χ1) is 19.3. The highest BCUT2D eigenvalue weighted by Crippen LogP contribution is 2.30. The molecule has 0 aliphatic heterocycles. The molecule has 6 rings (SSSR count). The highest BCUT2D eigenvalue weighted by Gasteiger charge is 2.14. The topological polar surface area (TPSA) is 72.2 Å². The van der Waals surface area contributed by atoms with Crippen molar-refractivity contribution in [1.29, 1.82) is 0 Å². The summed E-state index contributed by atoms with van der Waals surface area (Å²) >= 11 is 2.83. The van der Waals surface area contributed by atoms with Gasteiger partial charge in [-0.05, 0) is 29.8 Å². The molecule has 198 valence electrons. The van der Waals surface area contributed by atoms with Gasteiger partial charge >= 0.3 is 0 Å². The average Bonchev–Trinajstić information content (AvgIpc) is 3.44. The second kappa shape index (κ2) is 12.9. The lowest BCUT2D eigenvalue weighted by atomic mass is 10.1. The maximum Gasteiger partial charge on any atom is 0.250 e. The molecular formula is C31H24BrN5OS2. The van der Waals surface area contributed by atoms with Gasteiger partial charge < -0.3 is 0 Å². The largest absolute Gasteiger partial charge is 0.284 e. The second-order valence-corrected chi connectivity index (χ2v) is 10.4. The maximum atomic E-state index is 12.9. The van der Waals surface area contributed by atoms with Gasteiger partial charge in [0, 0.05) is 16.6 Å². The fourth-order valence-corrected chi connectivity index (χ4v) is 5.83. The van der Waals surface area contributed by atoms with Gasteiger partial charge in [0.25, 0.3) is 5.91 Å². The molecule has 6 nitrogen and oxygen atoms in total. The first-order valence-corrected chi connectivity index (χ1v) is 14.2. The van der Waals surface area contributed by atoms with Gasteiger partial charge in [0.05, 0.1) is 22.5 Å². The van der Waals surface area contributed by atoms with Gasteiger partial charge in [-0.1, -0.05) is 103 Å². The van der Waals surface area contributed by atoms with Crippen molar-refractivity contribution in [3.8, 4) is 28.2 Å². The van der Waals surface area contributed by atoms with Crippen LogP contribution in [-0.2, 0) is 4.79 Å². The van der Waals surface area contributed by atoms with E-state index < -0.39 is 0 Å². The molecule has 0 aliphatic carbocycles. The van der Waals surface area contributed by atoms with Crippen molar-refractivity contribution < 1.29 is 4.79 Å². The maximum absolute atomic E-state index is 12.9. The van der Waals surface area contributed by atoms with E-state index in [2.05, 4.69) is 32.6 Å². The van der Waals surface area contributed by atoms with E-state index in [-0.39, 0.29) is 28.6 Å². The van der Waals surface area contributed by atoms with Crippen LogP contribution < -0.4 is 10.2 Å². The number of hydrogen-bond donors (Lipinski definition) is 1. The van der Waals surface area contributed by atoms with Crippen LogP contribution in [0.5, 0.6) is 0 Å². The number of thiazole rings is 1. The molecule has 6 aromatic rings. The Hall–Kier alpha value is -4.05. The Morgan fingerprint density at radius 3 is 2.02 bits per heavy atom. The number of halogens is 1. The predicted molar refractivity (Wildman–Crippen MR) is 169 cm³/mol. The third-order valence-electron chi connectivity index (χ3n) is 5.99. The Morgan fingerprint density at radius 2 is 1.35 bits per heavy atom. The Bertz CT molecular complexity index is 1810. The molecule has 0 saturated carbocycles. The summed E-state index contributed by atoms with van der Waals surface area (Å²) in [4.78, 5) is 23.3. The van der Waals surface area contributed by atoms with Gasteiger partial charge in [-0.2, -0.15) is 0 Å². The third kappa shape index (κ3) is 6.07. The van der Waals surface area contributed by atoms with Gasteiger partial charge in [-0.15, -0.1) is 33.4 Å². The number of para-hydroxylation sites is 3. The van der Waals surface area contributed by atoms with Crippen LogP contribution >= 0.6 is 40.1 Å². The third-order valence-corrected chi connectivity index (χ3v) is 7.78. The molecule has 9 heteroatoms. The average molecular weight is 627 g/mol. The van der Waals surface area contributed by atoms with Crippen LogP contribution in [0.25, 0.3) is 39.2 Å². The Balaban J connectivity index is 0.00000323. The van der Waals surface area contributed by atoms with E-state index in [1.807, 2.05) is 103 Å². The highest BCUT2D eigenvalue weighted by atomic mass is 79.9. The molecule has 0 unspecified atom stereocenters. The number of hydrogen-bond acceptors (Lipinski definition) is 6. The molecule has 40 heavy (non-hydrogen) atoms. The number of nitrogens with zero attached hydrogens (tertiary/aromatic N) is 4. The fraction of sp³-hybridized carbons (Fsp3) is 0.0323. The zero-order valence-electron chi connectivity index (χ0n) is 21.2. The number of nitrogens with one attached hydrogen (secondary N) is 1. The molecule has 0 atom stereocenters. The number of carbonyl (C=O) groups is 1. The molecule has 0 fully saturated rings. The number of fused-ring (bicyclic) bond motifs is 1. The summed E-state index contributed by atoms with van der Waals surface area (Å²) in [7, 11) is 0. The van der Waals surface area contributed by atoms with E-state index in [9.17, 15) is 4.79 Å². The summed E-state index contributed by atoms with van der Waals surface area (Å²) in [6.07, 6.45) is 0. The molecule has 2 aromatic heterocycles. The molecule has 0 radical (unpaired) electrons. The van der Waals surface area contributed by atoms with E-state index in [0.717, 1.165) is 39.2 Å². The SMILES string of the molecule is Br.O=C(CSc1nc2ccccc2nc1-c1ccccc1)N/N=c1\scc(-c2ccccc2)n1-c1ccccc1. The number of carbonyl (C=O) groups excluding carboxylic acids is 1. The van der Waals surface area contributed by atoms with Crippen LogP contribution in [0.1, 0.15) is 0 Å². The molecule has 0 saturated heterocycles. The number of rotatable bonds is 7. The van der Waals surface area contributed by atoms with Crippen LogP contribution in [0.4, 0.5) is 0 Å². The smallest absolute Gasteiger partial charge is 0.250 e. The quantitative estimate of drug-likeness (QED) is 0.151. The fourth-order valence-electron chi connectivity index (χ4n) is 4.17. The van der Waals surface area contributed by atoms with Crippen molar-refractivity contribution in [3.63, 3.8) is 0 Å². The summed E-state index contributed by atoms with van der Waals surface area (Å²) in [5.74, 6) is -0.0678. The molecule has 0 spiro atoms. The van der Waals surface area contributed by atoms with Crippen LogP contribution in [0.3, 0.4) is 0 Å². The van der Waals surface area contributed by atoms with Crippen molar-refractivity contribution >= 4 is 57.0 Å². The van der Waals surface area contributed by atoms with E-state index in [0.29, 0.717) is 9.83 Å². The van der Waals surface area contributed by atoms with E-state index in [4.69, 9.17) is 9.97 Å². The number of amides is 1. The van der Waals surface area contributed by atoms with E-state index in [1.54, 1.807) is 0 Å². The summed E-state index contributed by atoms with van der Waals surface area (Å²) in [5.41, 5.74) is 9.13. The first-order valence-electron chi connectivity index (χ1n) is 12.4. The van der Waals surface area contributed by atoms with Gasteiger partial charge in [0.15, 0.2) is 0 Å². The Kier molecular flexibility index (Phi) is 8.85. The molecule has 0 aliphatic rings. The molecule has 0 bridgehead atoms. The van der Waals surface area contributed by atoms with Gasteiger partial charge in [0.1, 0.15) is 10.7 Å². The minimum atomic E-state index is -0.219. The van der Waals surface area contributed by atoms with Crippen LogP contribution in [0, 0.1) is 0 Å². The van der Waals surface area contributed by atoms with E-state index >= 15 is 0 Å². The van der Waals surface area contributed by atoms with Crippen LogP contribution in [0.2, 0.25) is 0 Å². The van der Waals surface area contributed by atoms with E-state index in [1.165, 1.54) is 23.1 Å². The molecule has 2 heterocycles. The lowest BCUT2D eigenvalue weighted by Crippen LogP contribution is -2.25. The Morgan fingerprint density at radius 1 is 0.775 bits per heavy atom. The first kappa shape index (κ1) is 27.5. The normalized spacial score (nSPS) is 11.2. The zero-order chi connectivity index (χ0) is 26.4. The summed E-state index contributed by atoms with van der Waals surface area (Å²) in [5, 5.41) is 7.26. The summed E-state index contributed by atoms with van der Waals surface area (Å²) in [6, 6.07) is 37.8. The lowest BCUT2D eigenvalue weighted by Gasteiger charge is -2.10. The predicted octanol–water partition coefficient (Wildman–Crippen LogP) is 7.12. The lowest BCUT2D eigenvalue weighted by molar-refractivity contribution is -0.118. The van der Waals surface area contributed by atoms with Crippen molar-refractivity contribution in [1.82, 2.24) is 20.0 Å². The van der Waals surface area contributed by atoms with Gasteiger partial charge in [-0.3, -0.25) is 9.36 Å². The molecule has 4 aromatic carbocycles. The number of benzene rings is 4. The monoisotopic (exact) mass is 625 g/mol. The summed E-state index contributed by atoms with van der Waals surface area (Å²) < 4.78 is 2.05. The van der Waals surface area contributed by atoms with Crippen molar-refractivity contribution in [2.45, 2.75) is 5.03 Å². The number of thioether (sulfide) groups is 1. The van der Waals surface area contributed by atoms with Crippen molar-refractivity contribution in [3.05, 3.63) is 125 Å². The van der Waals surface area contributed by atoms with Crippen LogP contribution in [-0.4, -0.2) is 26.2 Å². The Labute approximate surface area is 250 Å². The minimum absolute atomic E-state index is 0. The molecule has 1 amide bonds. The minimum Gasteiger partial charge on any atom is -0.284 e. The molecule has 1 N–H and O–H groups in total. The number of aromatic nitrogens is 3. The summed E-state index contributed by atoms with van der Waals surface area (Å²) in [6.45, 7) is 0. The van der Waals surface area contributed by atoms with Gasteiger partial charge in [0.2, 0.25) is 4.80 Å². The standard InChI is InChI=1S/C31H23N5OS2.BrH/c37-28(21-38-30-29(23-14-6-2-7-15-23)32-25-18-10-11-19-26(25)33-30)34-35-31-36(24-16-8-3-9-17-24)27(20-39-31)22-12-4-1-5-13-22;/h1-20H,21H2,(H,34,37);1H/b35-31-;. The van der Waals surface area contributed by atoms with Crippen molar-refractivity contribution in [2.24, 2.45) is 5.10 Å². The zero-order valence-corrected chi connectivity index (χ0v) is 24.5. The van der Waals surface area contributed by atoms with Crippen LogP contribution in [0.15, 0.2) is 131 Å². The highest BCUT2D eigenvalue weighted by molar-refractivity contribution is 8.93. The van der Waals surface area contributed by atoms with Crippen molar-refractivity contribution in [2.75, 3.05) is 5.75 Å². The molecular weight excluding hydrogens is 602 g/mol. The second-order valence-electron chi connectivity index (χ2n) is 8.61. The van der Waals surface area contributed by atoms with Gasteiger partial charge in [-0.25, -0.2) is 15.4 Å².